The van der Waals surface area contributed by atoms with Gasteiger partial charge in [0.05, 0.1) is 43.7 Å². The van der Waals surface area contributed by atoms with Gasteiger partial charge in [-0.15, -0.1) is 0 Å². The fourth-order valence-electron chi connectivity index (χ4n) is 5.89. The largest absolute Gasteiger partial charge is 0.496 e. The Morgan fingerprint density at radius 2 is 1.83 bits per heavy atom. The zero-order valence-corrected chi connectivity index (χ0v) is 22.7. The van der Waals surface area contributed by atoms with Gasteiger partial charge in [-0.3, -0.25) is 9.78 Å². The number of fused-ring (bicyclic) bond motifs is 3. The smallest absolute Gasteiger partial charge is 0.254 e. The summed E-state index contributed by atoms with van der Waals surface area (Å²) in [5.74, 6) is 1.65. The second kappa shape index (κ2) is 10.5. The van der Waals surface area contributed by atoms with Crippen molar-refractivity contribution in [3.63, 3.8) is 0 Å². The number of pyridine rings is 1. The molecule has 4 fully saturated rings. The number of carbonyl (C=O) groups excluding carboxylic acids is 1. The quantitative estimate of drug-likeness (QED) is 0.321. The molecular formula is C32H29N3O6. The highest BCUT2D eigenvalue weighted by molar-refractivity contribution is 5.97. The minimum absolute atomic E-state index is 0.0287. The monoisotopic (exact) mass is 551 g/mol. The molecular weight excluding hydrogens is 522 g/mol. The van der Waals surface area contributed by atoms with Crippen LogP contribution in [0.25, 0.3) is 33.6 Å². The van der Waals surface area contributed by atoms with Crippen LogP contribution in [0.1, 0.15) is 35.2 Å². The van der Waals surface area contributed by atoms with Gasteiger partial charge in [-0.05, 0) is 42.0 Å². The molecule has 0 spiro atoms. The molecule has 2 aromatic carbocycles. The van der Waals surface area contributed by atoms with E-state index in [1.54, 1.807) is 25.4 Å². The maximum atomic E-state index is 13.2. The first kappa shape index (κ1) is 25.6. The standard InChI is InChI=1S/C32H29N3O6/c1-37-29-13-20(32(36)35-17-23-14-24(18-35)39-23)2-4-26(29)30-15-27-31(41-30)25(6-9-34-27)19-3-5-28(21(12-19)16-33)40-22-7-10-38-11-8-22/h2-6,9,12-13,15,22-24H,7-8,10-11,14,17-18H2,1H3. The van der Waals surface area contributed by atoms with Crippen molar-refractivity contribution < 1.29 is 28.2 Å². The van der Waals surface area contributed by atoms with Crippen molar-refractivity contribution in [1.29, 1.82) is 5.26 Å². The molecule has 0 aliphatic carbocycles. The molecule has 0 saturated carbocycles. The Kier molecular flexibility index (Phi) is 6.57. The Hall–Kier alpha value is -4.39. The number of rotatable bonds is 6. The molecule has 0 radical (unpaired) electrons. The van der Waals surface area contributed by atoms with Crippen LogP contribution in [0.4, 0.5) is 0 Å². The van der Waals surface area contributed by atoms with Crippen LogP contribution in [0.2, 0.25) is 0 Å². The van der Waals surface area contributed by atoms with Gasteiger partial charge in [0.1, 0.15) is 34.9 Å². The Morgan fingerprint density at radius 1 is 1.02 bits per heavy atom. The molecule has 9 heteroatoms. The predicted molar refractivity (Wildman–Crippen MR) is 150 cm³/mol. The maximum absolute atomic E-state index is 13.2. The van der Waals surface area contributed by atoms with Crippen molar-refractivity contribution in [1.82, 2.24) is 9.88 Å². The Morgan fingerprint density at radius 3 is 2.59 bits per heavy atom. The first-order valence-corrected chi connectivity index (χ1v) is 13.9. The van der Waals surface area contributed by atoms with Crippen molar-refractivity contribution in [2.45, 2.75) is 37.6 Å². The lowest BCUT2D eigenvalue weighted by molar-refractivity contribution is -0.171. The van der Waals surface area contributed by atoms with E-state index < -0.39 is 0 Å². The fourth-order valence-corrected chi connectivity index (χ4v) is 5.89. The third kappa shape index (κ3) is 4.79. The summed E-state index contributed by atoms with van der Waals surface area (Å²) in [7, 11) is 1.58. The van der Waals surface area contributed by atoms with Gasteiger partial charge in [-0.2, -0.15) is 5.26 Å². The topological polar surface area (TPSA) is 107 Å². The normalized spacial score (nSPS) is 20.3. The van der Waals surface area contributed by atoms with Crippen LogP contribution in [-0.2, 0) is 9.47 Å². The van der Waals surface area contributed by atoms with E-state index in [0.29, 0.717) is 65.8 Å². The molecule has 4 aliphatic rings. The summed E-state index contributed by atoms with van der Waals surface area (Å²) in [5, 5.41) is 9.87. The van der Waals surface area contributed by atoms with Crippen LogP contribution in [-0.4, -0.2) is 67.5 Å². The van der Waals surface area contributed by atoms with Crippen LogP contribution in [0.3, 0.4) is 0 Å². The van der Waals surface area contributed by atoms with Crippen molar-refractivity contribution in [2.24, 2.45) is 0 Å². The molecule has 4 saturated heterocycles. The SMILES string of the molecule is COc1cc(C(=O)N2CC3CC(C2)O3)ccc1-c1cc2nccc(-c3ccc(OC4CCOCC4)c(C#N)c3)c2o1. The molecule has 2 aromatic heterocycles. The summed E-state index contributed by atoms with van der Waals surface area (Å²) in [6.45, 7) is 2.57. The number of amides is 1. The molecule has 1 amide bonds. The molecule has 2 unspecified atom stereocenters. The number of methoxy groups -OCH3 is 1. The molecule has 2 bridgehead atoms. The van der Waals surface area contributed by atoms with Crippen LogP contribution in [0.15, 0.2) is 59.1 Å². The van der Waals surface area contributed by atoms with Gasteiger partial charge < -0.3 is 28.3 Å². The van der Waals surface area contributed by atoms with Crippen molar-refractivity contribution in [3.05, 3.63) is 65.9 Å². The van der Waals surface area contributed by atoms with Gasteiger partial charge in [0.25, 0.3) is 5.91 Å². The van der Waals surface area contributed by atoms with E-state index in [1.165, 1.54) is 0 Å². The number of hydrogen-bond acceptors (Lipinski definition) is 8. The third-order valence-electron chi connectivity index (χ3n) is 8.04. The number of furan rings is 1. The summed E-state index contributed by atoms with van der Waals surface area (Å²) >= 11 is 0. The van der Waals surface area contributed by atoms with Crippen LogP contribution < -0.4 is 9.47 Å². The number of aromatic nitrogens is 1. The number of carbonyl (C=O) groups is 1. The molecule has 41 heavy (non-hydrogen) atoms. The Labute approximate surface area is 237 Å². The first-order valence-electron chi connectivity index (χ1n) is 13.9. The molecule has 2 atom stereocenters. The number of nitrogens with zero attached hydrogens (tertiary/aromatic N) is 3. The molecule has 9 nitrogen and oxygen atoms in total. The van der Waals surface area contributed by atoms with E-state index in [2.05, 4.69) is 11.1 Å². The Balaban J connectivity index is 1.18. The summed E-state index contributed by atoms with van der Waals surface area (Å²) in [6.07, 6.45) is 4.70. The van der Waals surface area contributed by atoms with Crippen molar-refractivity contribution in [3.8, 4) is 40.0 Å². The molecule has 208 valence electrons. The maximum Gasteiger partial charge on any atom is 0.254 e. The van der Waals surface area contributed by atoms with Crippen LogP contribution in [0, 0.1) is 11.3 Å². The minimum atomic E-state index is -0.0287. The van der Waals surface area contributed by atoms with Gasteiger partial charge in [0.15, 0.2) is 5.58 Å². The van der Waals surface area contributed by atoms with Crippen molar-refractivity contribution >= 4 is 17.0 Å². The highest BCUT2D eigenvalue weighted by atomic mass is 16.5. The highest BCUT2D eigenvalue weighted by Crippen LogP contribution is 2.39. The molecule has 4 aromatic rings. The summed E-state index contributed by atoms with van der Waals surface area (Å²) < 4.78 is 29.3. The lowest BCUT2D eigenvalue weighted by atomic mass is 9.97. The van der Waals surface area contributed by atoms with E-state index in [9.17, 15) is 10.1 Å². The number of piperidine rings is 1. The molecule has 0 N–H and O–H groups in total. The van der Waals surface area contributed by atoms with Gasteiger partial charge >= 0.3 is 0 Å². The summed E-state index contributed by atoms with van der Waals surface area (Å²) in [4.78, 5) is 19.5. The number of ether oxygens (including phenoxy) is 4. The predicted octanol–water partition coefficient (Wildman–Crippen LogP) is 5.21. The summed E-state index contributed by atoms with van der Waals surface area (Å²) in [5.41, 5.74) is 4.65. The molecule has 4 aliphatic heterocycles. The van der Waals surface area contributed by atoms with Gasteiger partial charge in [-0.1, -0.05) is 6.07 Å². The minimum Gasteiger partial charge on any atom is -0.496 e. The second-order valence-electron chi connectivity index (χ2n) is 10.7. The number of nitriles is 1. The van der Waals surface area contributed by atoms with Crippen LogP contribution >= 0.6 is 0 Å². The van der Waals surface area contributed by atoms with Gasteiger partial charge in [-0.25, -0.2) is 0 Å². The van der Waals surface area contributed by atoms with Gasteiger partial charge in [0.2, 0.25) is 0 Å². The molecule has 8 rings (SSSR count). The average molecular weight is 552 g/mol. The first-order chi connectivity index (χ1) is 20.1. The molecule has 6 heterocycles. The highest BCUT2D eigenvalue weighted by Gasteiger charge is 2.40. The van der Waals surface area contributed by atoms with E-state index in [-0.39, 0.29) is 24.2 Å². The summed E-state index contributed by atoms with van der Waals surface area (Å²) in [6, 6.07) is 17.0. The number of morpholine rings is 1. The fraction of sp³-hybridized carbons (Fsp3) is 0.344. The number of benzene rings is 2. The van der Waals surface area contributed by atoms with E-state index in [0.717, 1.165) is 36.0 Å². The second-order valence-corrected chi connectivity index (χ2v) is 10.7. The van der Waals surface area contributed by atoms with Crippen LogP contribution in [0.5, 0.6) is 11.5 Å². The number of hydrogen-bond donors (Lipinski definition) is 0. The Bertz CT molecular complexity index is 1650. The zero-order valence-electron chi connectivity index (χ0n) is 22.7. The lowest BCUT2D eigenvalue weighted by Gasteiger charge is -2.47. The van der Waals surface area contributed by atoms with Crippen molar-refractivity contribution in [2.75, 3.05) is 33.4 Å². The van der Waals surface area contributed by atoms with Gasteiger partial charge in [0, 0.05) is 55.7 Å². The zero-order chi connectivity index (χ0) is 27.9. The average Bonchev–Trinajstić information content (AvgIpc) is 3.45. The van der Waals surface area contributed by atoms with E-state index in [4.69, 9.17) is 23.4 Å². The van der Waals surface area contributed by atoms with E-state index >= 15 is 0 Å². The van der Waals surface area contributed by atoms with E-state index in [1.807, 2.05) is 41.3 Å². The third-order valence-corrected chi connectivity index (χ3v) is 8.04. The lowest BCUT2D eigenvalue weighted by Crippen LogP contribution is -2.58.